The zero-order valence-corrected chi connectivity index (χ0v) is 17.9. The number of halogens is 2. The SMILES string of the molecule is CN=C(NCCOCCC(C)C)NCC(OC)c1ccc(F)cc1.I. The molecule has 1 unspecified atom stereocenters. The maximum Gasteiger partial charge on any atom is 0.191 e. The summed E-state index contributed by atoms with van der Waals surface area (Å²) in [5.41, 5.74) is 0.916. The number of nitrogens with one attached hydrogen (secondary N) is 2. The summed E-state index contributed by atoms with van der Waals surface area (Å²) in [5, 5.41) is 6.40. The predicted octanol–water partition coefficient (Wildman–Crippen LogP) is 3.36. The Morgan fingerprint density at radius 1 is 1.16 bits per heavy atom. The van der Waals surface area contributed by atoms with Crippen LogP contribution in [0.1, 0.15) is 31.9 Å². The first kappa shape index (κ1) is 24.1. The van der Waals surface area contributed by atoms with Crippen molar-refractivity contribution < 1.29 is 13.9 Å². The summed E-state index contributed by atoms with van der Waals surface area (Å²) in [6, 6.07) is 6.32. The van der Waals surface area contributed by atoms with Crippen molar-refractivity contribution in [3.05, 3.63) is 35.6 Å². The molecule has 0 heterocycles. The Bertz CT molecular complexity index is 484. The van der Waals surface area contributed by atoms with Gasteiger partial charge < -0.3 is 20.1 Å². The van der Waals surface area contributed by atoms with Crippen molar-refractivity contribution >= 4 is 29.9 Å². The largest absolute Gasteiger partial charge is 0.380 e. The number of aliphatic imine (C=N–C) groups is 1. The fraction of sp³-hybridized carbons (Fsp3) is 0.611. The molecule has 0 bridgehead atoms. The van der Waals surface area contributed by atoms with E-state index in [0.29, 0.717) is 31.6 Å². The molecule has 7 heteroatoms. The maximum absolute atomic E-state index is 13.0. The van der Waals surface area contributed by atoms with E-state index < -0.39 is 0 Å². The monoisotopic (exact) mass is 467 g/mol. The van der Waals surface area contributed by atoms with Crippen molar-refractivity contribution in [2.24, 2.45) is 10.9 Å². The van der Waals surface area contributed by atoms with Gasteiger partial charge in [-0.2, -0.15) is 0 Å². The van der Waals surface area contributed by atoms with Crippen LogP contribution in [0.2, 0.25) is 0 Å². The van der Waals surface area contributed by atoms with Crippen LogP contribution < -0.4 is 10.6 Å². The Morgan fingerprint density at radius 2 is 1.84 bits per heavy atom. The summed E-state index contributed by atoms with van der Waals surface area (Å²) in [4.78, 5) is 4.17. The maximum atomic E-state index is 13.0. The van der Waals surface area contributed by atoms with Crippen LogP contribution in [0.15, 0.2) is 29.3 Å². The summed E-state index contributed by atoms with van der Waals surface area (Å²) in [7, 11) is 3.35. The van der Waals surface area contributed by atoms with Crippen LogP contribution in [-0.2, 0) is 9.47 Å². The molecule has 0 fully saturated rings. The van der Waals surface area contributed by atoms with Gasteiger partial charge in [0.15, 0.2) is 5.96 Å². The topological polar surface area (TPSA) is 54.9 Å². The minimum absolute atomic E-state index is 0. The molecule has 0 aliphatic carbocycles. The van der Waals surface area contributed by atoms with Gasteiger partial charge in [0.25, 0.3) is 0 Å². The van der Waals surface area contributed by atoms with Gasteiger partial charge in [-0.3, -0.25) is 4.99 Å². The highest BCUT2D eigenvalue weighted by molar-refractivity contribution is 14.0. The van der Waals surface area contributed by atoms with E-state index in [1.54, 1.807) is 26.3 Å². The Hall–Kier alpha value is -0.930. The van der Waals surface area contributed by atoms with E-state index in [0.717, 1.165) is 18.6 Å². The van der Waals surface area contributed by atoms with Gasteiger partial charge in [0.1, 0.15) is 5.82 Å². The lowest BCUT2D eigenvalue weighted by molar-refractivity contribution is 0.106. The smallest absolute Gasteiger partial charge is 0.191 e. The standard InChI is InChI=1S/C18H30FN3O2.HI/c1-14(2)9-11-24-12-10-21-18(20-3)22-13-17(23-4)15-5-7-16(19)8-6-15;/h5-8,14,17H,9-13H2,1-4H3,(H2,20,21,22);1H. The summed E-state index contributed by atoms with van der Waals surface area (Å²) >= 11 is 0. The second-order valence-corrected chi connectivity index (χ2v) is 5.95. The summed E-state index contributed by atoms with van der Waals surface area (Å²) in [6.07, 6.45) is 0.895. The van der Waals surface area contributed by atoms with Crippen LogP contribution in [0, 0.1) is 11.7 Å². The number of guanidine groups is 1. The Morgan fingerprint density at radius 3 is 2.40 bits per heavy atom. The summed E-state index contributed by atoms with van der Waals surface area (Å²) < 4.78 is 24.0. The molecule has 1 aromatic carbocycles. The van der Waals surface area contributed by atoms with E-state index in [1.807, 2.05) is 0 Å². The average Bonchev–Trinajstić information content (AvgIpc) is 2.57. The first-order valence-electron chi connectivity index (χ1n) is 8.37. The third kappa shape index (κ3) is 10.6. The number of ether oxygens (including phenoxy) is 2. The van der Waals surface area contributed by atoms with Crippen molar-refractivity contribution in [3.8, 4) is 0 Å². The minimum Gasteiger partial charge on any atom is -0.380 e. The molecule has 25 heavy (non-hydrogen) atoms. The fourth-order valence-corrected chi connectivity index (χ4v) is 2.09. The molecule has 0 aliphatic heterocycles. The zero-order valence-electron chi connectivity index (χ0n) is 15.5. The molecule has 1 atom stereocenters. The molecule has 0 saturated carbocycles. The molecule has 0 amide bonds. The average molecular weight is 467 g/mol. The third-order valence-electron chi connectivity index (χ3n) is 3.58. The van der Waals surface area contributed by atoms with Gasteiger partial charge >= 0.3 is 0 Å². The molecule has 144 valence electrons. The van der Waals surface area contributed by atoms with Crippen LogP contribution in [-0.4, -0.2) is 46.4 Å². The Kier molecular flexibility index (Phi) is 13.7. The highest BCUT2D eigenvalue weighted by atomic mass is 127. The van der Waals surface area contributed by atoms with E-state index in [9.17, 15) is 4.39 Å². The van der Waals surface area contributed by atoms with E-state index in [2.05, 4.69) is 29.5 Å². The third-order valence-corrected chi connectivity index (χ3v) is 3.58. The van der Waals surface area contributed by atoms with Crippen molar-refractivity contribution in [2.45, 2.75) is 26.4 Å². The molecule has 0 radical (unpaired) electrons. The molecule has 1 rings (SSSR count). The van der Waals surface area contributed by atoms with Gasteiger partial charge in [0.2, 0.25) is 0 Å². The molecule has 0 aromatic heterocycles. The lowest BCUT2D eigenvalue weighted by Gasteiger charge is -2.19. The van der Waals surface area contributed by atoms with Gasteiger partial charge in [-0.05, 0) is 30.0 Å². The number of hydrogen-bond acceptors (Lipinski definition) is 3. The van der Waals surface area contributed by atoms with Crippen molar-refractivity contribution in [3.63, 3.8) is 0 Å². The van der Waals surface area contributed by atoms with Crippen LogP contribution in [0.25, 0.3) is 0 Å². The van der Waals surface area contributed by atoms with Gasteiger partial charge in [-0.1, -0.05) is 26.0 Å². The van der Waals surface area contributed by atoms with Crippen molar-refractivity contribution in [2.75, 3.05) is 40.5 Å². The van der Waals surface area contributed by atoms with Crippen LogP contribution in [0.4, 0.5) is 4.39 Å². The molecule has 0 spiro atoms. The molecule has 0 saturated heterocycles. The normalized spacial score (nSPS) is 12.6. The van der Waals surface area contributed by atoms with Gasteiger partial charge in [-0.25, -0.2) is 4.39 Å². The van der Waals surface area contributed by atoms with E-state index in [4.69, 9.17) is 9.47 Å². The minimum atomic E-state index is -0.253. The molecule has 5 nitrogen and oxygen atoms in total. The van der Waals surface area contributed by atoms with Crippen molar-refractivity contribution in [1.29, 1.82) is 0 Å². The molecule has 0 aliphatic rings. The number of hydrogen-bond donors (Lipinski definition) is 2. The first-order chi connectivity index (χ1) is 11.6. The summed E-state index contributed by atoms with van der Waals surface area (Å²) in [5.74, 6) is 1.09. The number of rotatable bonds is 10. The lowest BCUT2D eigenvalue weighted by atomic mass is 10.1. The zero-order chi connectivity index (χ0) is 17.8. The lowest BCUT2D eigenvalue weighted by Crippen LogP contribution is -2.41. The van der Waals surface area contributed by atoms with E-state index >= 15 is 0 Å². The molecule has 2 N–H and O–H groups in total. The van der Waals surface area contributed by atoms with Crippen LogP contribution >= 0.6 is 24.0 Å². The van der Waals surface area contributed by atoms with Gasteiger partial charge in [-0.15, -0.1) is 24.0 Å². The quantitative estimate of drug-likeness (QED) is 0.240. The number of benzene rings is 1. The molecular weight excluding hydrogens is 436 g/mol. The van der Waals surface area contributed by atoms with E-state index in [-0.39, 0.29) is 35.9 Å². The molecular formula is C18H31FIN3O2. The number of methoxy groups -OCH3 is 1. The van der Waals surface area contributed by atoms with E-state index in [1.165, 1.54) is 12.1 Å². The van der Waals surface area contributed by atoms with Gasteiger partial charge in [0, 0.05) is 33.9 Å². The Labute approximate surface area is 167 Å². The number of nitrogens with zero attached hydrogens (tertiary/aromatic N) is 1. The summed E-state index contributed by atoms with van der Waals surface area (Å²) in [6.45, 7) is 7.00. The predicted molar refractivity (Wildman–Crippen MR) is 111 cm³/mol. The molecule has 1 aromatic rings. The second-order valence-electron chi connectivity index (χ2n) is 5.95. The fourth-order valence-electron chi connectivity index (χ4n) is 2.09. The highest BCUT2D eigenvalue weighted by Gasteiger charge is 2.11. The first-order valence-corrected chi connectivity index (χ1v) is 8.37. The second kappa shape index (κ2) is 14.3. The highest BCUT2D eigenvalue weighted by Crippen LogP contribution is 2.15. The van der Waals surface area contributed by atoms with Crippen LogP contribution in [0.3, 0.4) is 0 Å². The van der Waals surface area contributed by atoms with Gasteiger partial charge in [0.05, 0.1) is 12.7 Å². The Balaban J connectivity index is 0.00000576. The van der Waals surface area contributed by atoms with Crippen LogP contribution in [0.5, 0.6) is 0 Å². The van der Waals surface area contributed by atoms with Crippen molar-refractivity contribution in [1.82, 2.24) is 10.6 Å².